The van der Waals surface area contributed by atoms with Gasteiger partial charge in [0.05, 0.1) is 0 Å². The Balaban J connectivity index is 2.88. The summed E-state index contributed by atoms with van der Waals surface area (Å²) in [6.45, 7) is 11.1. The summed E-state index contributed by atoms with van der Waals surface area (Å²) >= 11 is 0. The maximum atomic E-state index is 2.24. The lowest BCUT2D eigenvalue weighted by Gasteiger charge is -2.18. The predicted octanol–water partition coefficient (Wildman–Crippen LogP) is 5.08. The molecule has 86 valence electrons. The largest absolute Gasteiger partial charge is 0.0679 e. The Morgan fingerprint density at radius 3 is 2.00 bits per heavy atom. The molecule has 0 heterocycles. The molecule has 0 N–H and O–H groups in total. The van der Waals surface area contributed by atoms with Crippen LogP contribution in [0, 0.1) is 5.41 Å². The third-order valence-corrected chi connectivity index (χ3v) is 3.00. The van der Waals surface area contributed by atoms with Crippen molar-refractivity contribution < 1.29 is 0 Å². The normalized spacial score (nSPS) is 14.1. The standard InChI is InChI=1S/C16H22/c1-13(15-9-7-6-8-10-15)11-12-14(2)16(3,4)5/h6-12H,1-5H3/b13-11+,14-12+. The van der Waals surface area contributed by atoms with Crippen LogP contribution in [-0.4, -0.2) is 0 Å². The second kappa shape index (κ2) is 5.16. The zero-order chi connectivity index (χ0) is 12.2. The summed E-state index contributed by atoms with van der Waals surface area (Å²) in [5.41, 5.74) is 4.26. The second-order valence-corrected chi connectivity index (χ2v) is 5.32. The average Bonchev–Trinajstić information content (AvgIpc) is 2.25. The molecule has 0 unspecified atom stereocenters. The summed E-state index contributed by atoms with van der Waals surface area (Å²) in [5, 5.41) is 0. The quantitative estimate of drug-likeness (QED) is 0.602. The number of benzene rings is 1. The zero-order valence-corrected chi connectivity index (χ0v) is 11.0. The van der Waals surface area contributed by atoms with Gasteiger partial charge in [-0.25, -0.2) is 0 Å². The molecule has 1 rings (SSSR count). The van der Waals surface area contributed by atoms with Crippen LogP contribution in [0.5, 0.6) is 0 Å². The fourth-order valence-corrected chi connectivity index (χ4v) is 1.30. The smallest absolute Gasteiger partial charge is 0.0173 e. The van der Waals surface area contributed by atoms with Crippen LogP contribution in [0.3, 0.4) is 0 Å². The minimum Gasteiger partial charge on any atom is -0.0679 e. The van der Waals surface area contributed by atoms with Crippen molar-refractivity contribution in [3.05, 3.63) is 53.6 Å². The average molecular weight is 214 g/mol. The van der Waals surface area contributed by atoms with E-state index in [0.29, 0.717) is 0 Å². The van der Waals surface area contributed by atoms with Gasteiger partial charge >= 0.3 is 0 Å². The van der Waals surface area contributed by atoms with E-state index in [0.717, 1.165) is 0 Å². The Kier molecular flexibility index (Phi) is 4.12. The van der Waals surface area contributed by atoms with E-state index < -0.39 is 0 Å². The molecule has 0 amide bonds. The van der Waals surface area contributed by atoms with Gasteiger partial charge in [-0.3, -0.25) is 0 Å². The summed E-state index contributed by atoms with van der Waals surface area (Å²) in [4.78, 5) is 0. The molecule has 0 aliphatic heterocycles. The molecule has 0 aliphatic carbocycles. The molecule has 0 saturated carbocycles. The Morgan fingerprint density at radius 1 is 0.938 bits per heavy atom. The van der Waals surface area contributed by atoms with Crippen LogP contribution in [0.1, 0.15) is 40.2 Å². The van der Waals surface area contributed by atoms with E-state index in [9.17, 15) is 0 Å². The molecule has 0 spiro atoms. The highest BCUT2D eigenvalue weighted by atomic mass is 14.2. The number of rotatable bonds is 2. The van der Waals surface area contributed by atoms with Crippen molar-refractivity contribution in [3.8, 4) is 0 Å². The van der Waals surface area contributed by atoms with Crippen molar-refractivity contribution in [1.82, 2.24) is 0 Å². The van der Waals surface area contributed by atoms with Crippen molar-refractivity contribution in [2.75, 3.05) is 0 Å². The number of hydrogen-bond donors (Lipinski definition) is 0. The predicted molar refractivity (Wildman–Crippen MR) is 73.3 cm³/mol. The van der Waals surface area contributed by atoms with Gasteiger partial charge in [0.15, 0.2) is 0 Å². The lowest BCUT2D eigenvalue weighted by atomic mass is 9.87. The molecular formula is C16H22. The van der Waals surface area contributed by atoms with Crippen LogP contribution >= 0.6 is 0 Å². The van der Waals surface area contributed by atoms with E-state index in [2.05, 4.69) is 71.0 Å². The van der Waals surface area contributed by atoms with E-state index in [1.807, 2.05) is 6.07 Å². The first-order valence-corrected chi connectivity index (χ1v) is 5.82. The monoisotopic (exact) mass is 214 g/mol. The van der Waals surface area contributed by atoms with Crippen LogP contribution in [0.4, 0.5) is 0 Å². The van der Waals surface area contributed by atoms with Crippen molar-refractivity contribution in [2.24, 2.45) is 5.41 Å². The van der Waals surface area contributed by atoms with Gasteiger partial charge in [0.1, 0.15) is 0 Å². The molecule has 0 saturated heterocycles. The van der Waals surface area contributed by atoms with Gasteiger partial charge in [0, 0.05) is 0 Å². The molecule has 1 aromatic rings. The van der Waals surface area contributed by atoms with Gasteiger partial charge in [-0.05, 0) is 30.4 Å². The highest BCUT2D eigenvalue weighted by molar-refractivity contribution is 5.65. The maximum Gasteiger partial charge on any atom is -0.0173 e. The van der Waals surface area contributed by atoms with Crippen molar-refractivity contribution >= 4 is 5.57 Å². The van der Waals surface area contributed by atoms with E-state index in [-0.39, 0.29) is 5.41 Å². The first kappa shape index (κ1) is 12.8. The molecule has 0 fully saturated rings. The SMILES string of the molecule is C/C(=C\C=C(/C)C(C)(C)C)c1ccccc1. The first-order valence-electron chi connectivity index (χ1n) is 5.82. The summed E-state index contributed by atoms with van der Waals surface area (Å²) < 4.78 is 0. The Labute approximate surface area is 99.7 Å². The van der Waals surface area contributed by atoms with Crippen LogP contribution < -0.4 is 0 Å². The van der Waals surface area contributed by atoms with E-state index in [1.54, 1.807) is 0 Å². The third-order valence-electron chi connectivity index (χ3n) is 3.00. The fourth-order valence-electron chi connectivity index (χ4n) is 1.30. The zero-order valence-electron chi connectivity index (χ0n) is 11.0. The molecule has 0 nitrogen and oxygen atoms in total. The lowest BCUT2D eigenvalue weighted by molar-refractivity contribution is 0.504. The van der Waals surface area contributed by atoms with Crippen molar-refractivity contribution in [1.29, 1.82) is 0 Å². The minimum atomic E-state index is 0.257. The van der Waals surface area contributed by atoms with E-state index >= 15 is 0 Å². The lowest BCUT2D eigenvalue weighted by Crippen LogP contribution is -2.05. The highest BCUT2D eigenvalue weighted by Gasteiger charge is 2.11. The van der Waals surface area contributed by atoms with Gasteiger partial charge in [-0.2, -0.15) is 0 Å². The number of hydrogen-bond acceptors (Lipinski definition) is 0. The topological polar surface area (TPSA) is 0 Å². The van der Waals surface area contributed by atoms with Gasteiger partial charge in [-0.15, -0.1) is 0 Å². The van der Waals surface area contributed by atoms with E-state index in [4.69, 9.17) is 0 Å². The summed E-state index contributed by atoms with van der Waals surface area (Å²) in [6.07, 6.45) is 4.43. The Hall–Kier alpha value is -1.30. The third kappa shape index (κ3) is 3.69. The van der Waals surface area contributed by atoms with Crippen LogP contribution in [-0.2, 0) is 0 Å². The maximum absolute atomic E-state index is 2.24. The summed E-state index contributed by atoms with van der Waals surface area (Å²) in [7, 11) is 0. The van der Waals surface area contributed by atoms with Crippen molar-refractivity contribution in [3.63, 3.8) is 0 Å². The molecule has 0 radical (unpaired) electrons. The summed E-state index contributed by atoms with van der Waals surface area (Å²) in [6, 6.07) is 10.5. The molecule has 16 heavy (non-hydrogen) atoms. The highest BCUT2D eigenvalue weighted by Crippen LogP contribution is 2.25. The minimum absolute atomic E-state index is 0.257. The Bertz CT molecular complexity index is 386. The van der Waals surface area contributed by atoms with Gasteiger partial charge < -0.3 is 0 Å². The number of allylic oxidation sites excluding steroid dienone is 4. The van der Waals surface area contributed by atoms with Crippen molar-refractivity contribution in [2.45, 2.75) is 34.6 Å². The summed E-state index contributed by atoms with van der Waals surface area (Å²) in [5.74, 6) is 0. The molecular weight excluding hydrogens is 192 g/mol. The Morgan fingerprint density at radius 2 is 1.50 bits per heavy atom. The van der Waals surface area contributed by atoms with E-state index in [1.165, 1.54) is 16.7 Å². The molecule has 0 bridgehead atoms. The molecule has 0 atom stereocenters. The van der Waals surface area contributed by atoms with Gasteiger partial charge in [-0.1, -0.05) is 68.8 Å². The second-order valence-electron chi connectivity index (χ2n) is 5.32. The van der Waals surface area contributed by atoms with Crippen LogP contribution in [0.2, 0.25) is 0 Å². The first-order chi connectivity index (χ1) is 7.41. The van der Waals surface area contributed by atoms with Crippen LogP contribution in [0.15, 0.2) is 48.1 Å². The van der Waals surface area contributed by atoms with Gasteiger partial charge in [0.2, 0.25) is 0 Å². The fraction of sp³-hybridized carbons (Fsp3) is 0.375. The van der Waals surface area contributed by atoms with Gasteiger partial charge in [0.25, 0.3) is 0 Å². The van der Waals surface area contributed by atoms with Crippen LogP contribution in [0.25, 0.3) is 5.57 Å². The molecule has 0 aliphatic rings. The molecule has 1 aromatic carbocycles. The molecule has 0 heteroatoms. The molecule has 0 aromatic heterocycles.